The van der Waals surface area contributed by atoms with E-state index in [1.54, 1.807) is 31.4 Å². The molecule has 1 unspecified atom stereocenters. The molecule has 3 atom stereocenters. The summed E-state index contributed by atoms with van der Waals surface area (Å²) in [5.74, 6) is -0.483. The van der Waals surface area contributed by atoms with Crippen molar-refractivity contribution in [3.05, 3.63) is 70.9 Å². The van der Waals surface area contributed by atoms with Crippen molar-refractivity contribution >= 4 is 17.5 Å². The zero-order valence-corrected chi connectivity index (χ0v) is 20.2. The second-order valence-electron chi connectivity index (χ2n) is 9.81. The number of hydrogen-bond acceptors (Lipinski definition) is 6. The van der Waals surface area contributed by atoms with Gasteiger partial charge in [0, 0.05) is 29.3 Å². The molecule has 0 bridgehead atoms. The molecule has 0 spiro atoms. The van der Waals surface area contributed by atoms with Crippen LogP contribution in [0.1, 0.15) is 68.4 Å². The third kappa shape index (κ3) is 4.62. The summed E-state index contributed by atoms with van der Waals surface area (Å²) < 4.78 is 11.2. The monoisotopic (exact) mass is 473 g/mol. The smallest absolute Gasteiger partial charge is 0.315 e. The van der Waals surface area contributed by atoms with Gasteiger partial charge in [-0.25, -0.2) is 0 Å². The molecule has 35 heavy (non-hydrogen) atoms. The van der Waals surface area contributed by atoms with Gasteiger partial charge in [-0.05, 0) is 80.3 Å². The first kappa shape index (κ1) is 23.3. The molecule has 1 saturated carbocycles. The predicted octanol–water partition coefficient (Wildman–Crippen LogP) is 5.46. The molecule has 1 N–H and O–H groups in total. The van der Waals surface area contributed by atoms with E-state index in [9.17, 15) is 14.7 Å². The molecule has 1 heterocycles. The van der Waals surface area contributed by atoms with Gasteiger partial charge in [-0.2, -0.15) is 0 Å². The van der Waals surface area contributed by atoms with Gasteiger partial charge in [0.1, 0.15) is 23.5 Å². The number of ketones is 1. The molecule has 182 valence electrons. The van der Waals surface area contributed by atoms with Gasteiger partial charge in [-0.15, -0.1) is 0 Å². The van der Waals surface area contributed by atoms with Crippen LogP contribution in [-0.4, -0.2) is 35.8 Å². The number of hydrogen-bond donors (Lipinski definition) is 1. The minimum Gasteiger partial charge on any atom is -0.508 e. The number of methoxy groups -OCH3 is 1. The highest BCUT2D eigenvalue weighted by atomic mass is 16.5. The number of aromatic hydroxyl groups is 1. The molecule has 1 aliphatic heterocycles. The van der Waals surface area contributed by atoms with Crippen LogP contribution in [0.5, 0.6) is 11.5 Å². The lowest BCUT2D eigenvalue weighted by molar-refractivity contribution is -0.151. The topological polar surface area (TPSA) is 85.2 Å². The molecular formula is C29H31NO5. The summed E-state index contributed by atoms with van der Waals surface area (Å²) in [6, 6.07) is 14.6. The normalized spacial score (nSPS) is 24.7. The van der Waals surface area contributed by atoms with Gasteiger partial charge in [0.25, 0.3) is 0 Å². The third-order valence-corrected chi connectivity index (χ3v) is 7.57. The van der Waals surface area contributed by atoms with Crippen molar-refractivity contribution in [2.45, 2.75) is 63.4 Å². The van der Waals surface area contributed by atoms with Crippen LogP contribution in [0.4, 0.5) is 0 Å². The molecule has 3 aliphatic rings. The van der Waals surface area contributed by atoms with Crippen molar-refractivity contribution in [3.63, 3.8) is 0 Å². The molecule has 2 aromatic rings. The molecule has 0 saturated heterocycles. The maximum absolute atomic E-state index is 13.7. The van der Waals surface area contributed by atoms with E-state index in [1.807, 2.05) is 31.2 Å². The molecular weight excluding hydrogens is 442 g/mol. The summed E-state index contributed by atoms with van der Waals surface area (Å²) in [5, 5.41) is 9.85. The van der Waals surface area contributed by atoms with E-state index in [1.165, 1.54) is 0 Å². The van der Waals surface area contributed by atoms with Crippen LogP contribution in [0.3, 0.4) is 0 Å². The number of ether oxygens (including phenoxy) is 2. The first-order chi connectivity index (χ1) is 16.9. The maximum Gasteiger partial charge on any atom is 0.315 e. The summed E-state index contributed by atoms with van der Waals surface area (Å²) in [6.45, 7) is 1.86. The zero-order valence-electron chi connectivity index (χ0n) is 20.2. The van der Waals surface area contributed by atoms with Gasteiger partial charge in [0.15, 0.2) is 5.78 Å². The van der Waals surface area contributed by atoms with Crippen molar-refractivity contribution in [2.24, 2.45) is 10.9 Å². The van der Waals surface area contributed by atoms with Crippen molar-refractivity contribution in [2.75, 3.05) is 7.11 Å². The van der Waals surface area contributed by atoms with E-state index in [4.69, 9.17) is 14.5 Å². The van der Waals surface area contributed by atoms with Crippen LogP contribution in [0, 0.1) is 5.92 Å². The van der Waals surface area contributed by atoms with E-state index >= 15 is 0 Å². The van der Waals surface area contributed by atoms with Crippen LogP contribution in [-0.2, 0) is 14.3 Å². The SMILES string of the molecule is COc1ccc([C@H]2CC(=O)C3=C(C2)N=C(C)C(C(=O)OC2CCCC2)[C@@H]3c2ccc(O)cc2)cc1. The summed E-state index contributed by atoms with van der Waals surface area (Å²) in [7, 11) is 1.63. The van der Waals surface area contributed by atoms with E-state index < -0.39 is 11.8 Å². The lowest BCUT2D eigenvalue weighted by Crippen LogP contribution is -2.39. The van der Waals surface area contributed by atoms with E-state index in [0.717, 1.165) is 48.3 Å². The molecule has 2 aromatic carbocycles. The Balaban J connectivity index is 1.51. The van der Waals surface area contributed by atoms with E-state index in [-0.39, 0.29) is 29.5 Å². The fourth-order valence-electron chi connectivity index (χ4n) is 5.76. The van der Waals surface area contributed by atoms with Gasteiger partial charge in [-0.1, -0.05) is 24.3 Å². The molecule has 2 aliphatic carbocycles. The molecule has 6 nitrogen and oxygen atoms in total. The summed E-state index contributed by atoms with van der Waals surface area (Å²) in [5.41, 5.74) is 3.92. The summed E-state index contributed by atoms with van der Waals surface area (Å²) in [6.07, 6.45) is 4.83. The van der Waals surface area contributed by atoms with Gasteiger partial charge in [-0.3, -0.25) is 14.6 Å². The molecule has 5 rings (SSSR count). The number of benzene rings is 2. The van der Waals surface area contributed by atoms with E-state index in [0.29, 0.717) is 24.1 Å². The second-order valence-corrected chi connectivity index (χ2v) is 9.81. The van der Waals surface area contributed by atoms with Crippen molar-refractivity contribution < 1.29 is 24.2 Å². The highest BCUT2D eigenvalue weighted by Crippen LogP contribution is 2.47. The van der Waals surface area contributed by atoms with Gasteiger partial charge in [0.2, 0.25) is 0 Å². The quantitative estimate of drug-likeness (QED) is 0.583. The summed E-state index contributed by atoms with van der Waals surface area (Å²) >= 11 is 0. The lowest BCUT2D eigenvalue weighted by atomic mass is 9.69. The van der Waals surface area contributed by atoms with Crippen LogP contribution >= 0.6 is 0 Å². The number of carbonyl (C=O) groups excluding carboxylic acids is 2. The van der Waals surface area contributed by atoms with Crippen LogP contribution < -0.4 is 4.74 Å². The van der Waals surface area contributed by atoms with Crippen molar-refractivity contribution in [1.82, 2.24) is 0 Å². The Bertz CT molecular complexity index is 1170. The number of aliphatic imine (C=N–C) groups is 1. The third-order valence-electron chi connectivity index (χ3n) is 7.57. The Morgan fingerprint density at radius 2 is 1.63 bits per heavy atom. The Labute approximate surface area is 205 Å². The maximum atomic E-state index is 13.7. The van der Waals surface area contributed by atoms with Gasteiger partial charge < -0.3 is 14.6 Å². The number of rotatable bonds is 5. The number of Topliss-reactive ketones (excluding diaryl/α,β-unsaturated/α-hetero) is 1. The lowest BCUT2D eigenvalue weighted by Gasteiger charge is -2.37. The first-order valence-electron chi connectivity index (χ1n) is 12.4. The van der Waals surface area contributed by atoms with Crippen LogP contribution in [0.2, 0.25) is 0 Å². The number of allylic oxidation sites excluding steroid dienone is 2. The summed E-state index contributed by atoms with van der Waals surface area (Å²) in [4.78, 5) is 31.9. The fourth-order valence-corrected chi connectivity index (χ4v) is 5.76. The molecule has 0 aromatic heterocycles. The minimum absolute atomic E-state index is 0.0139. The number of carbonyl (C=O) groups is 2. The van der Waals surface area contributed by atoms with Gasteiger partial charge >= 0.3 is 5.97 Å². The largest absolute Gasteiger partial charge is 0.508 e. The zero-order chi connectivity index (χ0) is 24.5. The average Bonchev–Trinajstić information content (AvgIpc) is 3.36. The Kier molecular flexibility index (Phi) is 6.46. The Morgan fingerprint density at radius 1 is 0.971 bits per heavy atom. The highest BCUT2D eigenvalue weighted by molar-refractivity contribution is 6.09. The predicted molar refractivity (Wildman–Crippen MR) is 133 cm³/mol. The standard InChI is InChI=1S/C29H31NO5/c1-17-26(29(33)35-23-5-3-4-6-23)27(19-7-11-21(31)12-8-19)28-24(30-17)15-20(16-25(28)32)18-9-13-22(34-2)14-10-18/h7-14,20,23,26-27,31H,3-6,15-16H2,1-2H3/t20-,26?,27+/m1/s1. The molecule has 0 amide bonds. The number of phenolic OH excluding ortho intramolecular Hbond substituents is 1. The molecule has 1 fully saturated rings. The average molecular weight is 474 g/mol. The number of nitrogens with zero attached hydrogens (tertiary/aromatic N) is 1. The fraction of sp³-hybridized carbons (Fsp3) is 0.414. The van der Waals surface area contributed by atoms with Crippen molar-refractivity contribution in [3.8, 4) is 11.5 Å². The van der Waals surface area contributed by atoms with Crippen LogP contribution in [0.15, 0.2) is 64.8 Å². The Hall–Kier alpha value is -3.41. The first-order valence-corrected chi connectivity index (χ1v) is 12.4. The van der Waals surface area contributed by atoms with E-state index in [2.05, 4.69) is 0 Å². The Morgan fingerprint density at radius 3 is 2.29 bits per heavy atom. The minimum atomic E-state index is -0.652. The number of phenols is 1. The highest BCUT2D eigenvalue weighted by Gasteiger charge is 2.45. The van der Waals surface area contributed by atoms with Crippen LogP contribution in [0.25, 0.3) is 0 Å². The number of esters is 1. The molecule has 0 radical (unpaired) electrons. The molecule has 6 heteroatoms. The van der Waals surface area contributed by atoms with Gasteiger partial charge in [0.05, 0.1) is 7.11 Å². The second kappa shape index (κ2) is 9.68. The van der Waals surface area contributed by atoms with Crippen molar-refractivity contribution in [1.29, 1.82) is 0 Å².